The zero-order chi connectivity index (χ0) is 21.5. The van der Waals surface area contributed by atoms with Crippen LogP contribution in [0.3, 0.4) is 0 Å². The fraction of sp³-hybridized carbons (Fsp3) is 0.455. The van der Waals surface area contributed by atoms with Gasteiger partial charge in [-0.25, -0.2) is 8.42 Å². The molecule has 0 atom stereocenters. The highest BCUT2D eigenvalue weighted by molar-refractivity contribution is 7.92. The zero-order valence-electron chi connectivity index (χ0n) is 18.1. The molecule has 0 fully saturated rings. The standard InChI is InChI=1S/C22H33NO4SSi/c1-6-19-15-16-20(26-17-18-13-11-10-12-14-18)21(23-28(5,24)25)22(19)27-29(7-2,8-3)9-4/h10-16,23H,6-9,17H2,1-5H3. The van der Waals surface area contributed by atoms with Crippen molar-refractivity contribution >= 4 is 24.0 Å². The highest BCUT2D eigenvalue weighted by Gasteiger charge is 2.33. The Morgan fingerprint density at radius 2 is 1.55 bits per heavy atom. The van der Waals surface area contributed by atoms with Gasteiger partial charge in [-0.1, -0.05) is 64.1 Å². The number of benzene rings is 2. The van der Waals surface area contributed by atoms with Gasteiger partial charge in [0, 0.05) is 0 Å². The first kappa shape index (κ1) is 23.3. The van der Waals surface area contributed by atoms with Crippen LogP contribution in [0.2, 0.25) is 18.1 Å². The van der Waals surface area contributed by atoms with Gasteiger partial charge in [0.15, 0.2) is 0 Å². The molecule has 0 aromatic heterocycles. The molecule has 5 nitrogen and oxygen atoms in total. The largest absolute Gasteiger partial charge is 0.542 e. The van der Waals surface area contributed by atoms with E-state index < -0.39 is 18.3 Å². The van der Waals surface area contributed by atoms with Gasteiger partial charge in [-0.3, -0.25) is 4.72 Å². The van der Waals surface area contributed by atoms with Crippen molar-refractivity contribution in [2.75, 3.05) is 11.0 Å². The maximum absolute atomic E-state index is 12.1. The normalized spacial score (nSPS) is 11.9. The lowest BCUT2D eigenvalue weighted by Crippen LogP contribution is -2.40. The lowest BCUT2D eigenvalue weighted by Gasteiger charge is -2.32. The molecule has 160 valence electrons. The van der Waals surface area contributed by atoms with Crippen molar-refractivity contribution in [2.24, 2.45) is 0 Å². The molecular formula is C22H33NO4SSi. The van der Waals surface area contributed by atoms with E-state index in [4.69, 9.17) is 9.16 Å². The molecule has 2 aromatic carbocycles. The topological polar surface area (TPSA) is 64.6 Å². The van der Waals surface area contributed by atoms with E-state index in [1.54, 1.807) is 0 Å². The number of rotatable bonds is 11. The maximum atomic E-state index is 12.1. The van der Waals surface area contributed by atoms with E-state index in [1.807, 2.05) is 49.4 Å². The summed E-state index contributed by atoms with van der Waals surface area (Å²) >= 11 is 0. The molecule has 0 unspecified atom stereocenters. The van der Waals surface area contributed by atoms with Crippen LogP contribution in [0, 0.1) is 0 Å². The number of ether oxygens (including phenoxy) is 1. The van der Waals surface area contributed by atoms with Gasteiger partial charge in [0.1, 0.15) is 23.8 Å². The molecule has 0 aliphatic rings. The molecule has 7 heteroatoms. The molecule has 0 radical (unpaired) electrons. The van der Waals surface area contributed by atoms with E-state index in [0.717, 1.165) is 41.9 Å². The summed E-state index contributed by atoms with van der Waals surface area (Å²) in [5.41, 5.74) is 2.41. The van der Waals surface area contributed by atoms with Crippen LogP contribution in [-0.4, -0.2) is 23.0 Å². The molecule has 0 amide bonds. The van der Waals surface area contributed by atoms with Gasteiger partial charge in [0.25, 0.3) is 8.32 Å². The number of hydrogen-bond donors (Lipinski definition) is 1. The van der Waals surface area contributed by atoms with Crippen LogP contribution in [0.1, 0.15) is 38.8 Å². The second-order valence-corrected chi connectivity index (χ2v) is 13.7. The lowest BCUT2D eigenvalue weighted by molar-refractivity contribution is 0.307. The Morgan fingerprint density at radius 3 is 2.07 bits per heavy atom. The number of anilines is 1. The van der Waals surface area contributed by atoms with Crippen molar-refractivity contribution in [2.45, 2.75) is 58.9 Å². The van der Waals surface area contributed by atoms with Crippen LogP contribution in [0.5, 0.6) is 11.5 Å². The molecule has 29 heavy (non-hydrogen) atoms. The first-order valence-electron chi connectivity index (χ1n) is 10.3. The molecule has 0 heterocycles. The molecule has 0 saturated carbocycles. The molecule has 0 spiro atoms. The summed E-state index contributed by atoms with van der Waals surface area (Å²) in [6.45, 7) is 8.87. The quantitative estimate of drug-likeness (QED) is 0.468. The van der Waals surface area contributed by atoms with Crippen molar-refractivity contribution in [1.29, 1.82) is 0 Å². The summed E-state index contributed by atoms with van der Waals surface area (Å²) in [5, 5.41) is 0. The lowest BCUT2D eigenvalue weighted by atomic mass is 10.1. The predicted octanol–water partition coefficient (Wildman–Crippen LogP) is 5.58. The van der Waals surface area contributed by atoms with E-state index in [0.29, 0.717) is 23.8 Å². The Labute approximate surface area is 176 Å². The Morgan fingerprint density at radius 1 is 0.931 bits per heavy atom. The minimum Gasteiger partial charge on any atom is -0.542 e. The molecule has 2 rings (SSSR count). The second kappa shape index (κ2) is 10.2. The van der Waals surface area contributed by atoms with Gasteiger partial charge in [-0.15, -0.1) is 0 Å². The van der Waals surface area contributed by atoms with Gasteiger partial charge < -0.3 is 9.16 Å². The molecule has 0 bridgehead atoms. The van der Waals surface area contributed by atoms with Crippen LogP contribution in [0.15, 0.2) is 42.5 Å². The van der Waals surface area contributed by atoms with Crippen LogP contribution >= 0.6 is 0 Å². The third-order valence-electron chi connectivity index (χ3n) is 5.36. The smallest absolute Gasteiger partial charge is 0.250 e. The summed E-state index contributed by atoms with van der Waals surface area (Å²) < 4.78 is 39.7. The molecule has 0 aliphatic heterocycles. The first-order chi connectivity index (χ1) is 13.8. The van der Waals surface area contributed by atoms with Crippen molar-refractivity contribution in [3.8, 4) is 11.5 Å². The Hall–Kier alpha value is -1.99. The molecule has 1 N–H and O–H groups in total. The SMILES string of the molecule is CCc1ccc(OCc2ccccc2)c(NS(C)(=O)=O)c1O[Si](CC)(CC)CC. The average molecular weight is 436 g/mol. The highest BCUT2D eigenvalue weighted by Crippen LogP contribution is 2.42. The van der Waals surface area contributed by atoms with Crippen molar-refractivity contribution in [3.63, 3.8) is 0 Å². The fourth-order valence-electron chi connectivity index (χ4n) is 3.32. The summed E-state index contributed by atoms with van der Waals surface area (Å²) in [6.07, 6.45) is 1.90. The maximum Gasteiger partial charge on any atom is 0.250 e. The highest BCUT2D eigenvalue weighted by atomic mass is 32.2. The second-order valence-electron chi connectivity index (χ2n) is 7.27. The zero-order valence-corrected chi connectivity index (χ0v) is 19.9. The minimum atomic E-state index is -3.50. The van der Waals surface area contributed by atoms with Gasteiger partial charge in [-0.05, 0) is 41.7 Å². The van der Waals surface area contributed by atoms with Crippen LogP contribution < -0.4 is 13.9 Å². The molecule has 0 aliphatic carbocycles. The summed E-state index contributed by atoms with van der Waals surface area (Å²) in [5.74, 6) is 1.11. The summed E-state index contributed by atoms with van der Waals surface area (Å²) in [4.78, 5) is 0. The van der Waals surface area contributed by atoms with Gasteiger partial charge in [0.05, 0.1) is 6.26 Å². The summed E-state index contributed by atoms with van der Waals surface area (Å²) in [6, 6.07) is 16.5. The Balaban J connectivity index is 2.52. The Bertz CT molecular complexity index is 888. The van der Waals surface area contributed by atoms with E-state index in [9.17, 15) is 8.42 Å². The molecule has 2 aromatic rings. The van der Waals surface area contributed by atoms with Crippen LogP contribution in [0.25, 0.3) is 0 Å². The average Bonchev–Trinajstić information content (AvgIpc) is 2.71. The first-order valence-corrected chi connectivity index (χ1v) is 14.7. The number of hydrogen-bond acceptors (Lipinski definition) is 4. The van der Waals surface area contributed by atoms with Gasteiger partial charge >= 0.3 is 0 Å². The van der Waals surface area contributed by atoms with E-state index in [2.05, 4.69) is 25.5 Å². The summed E-state index contributed by atoms with van der Waals surface area (Å²) in [7, 11) is -5.51. The van der Waals surface area contributed by atoms with Crippen LogP contribution in [0.4, 0.5) is 5.69 Å². The van der Waals surface area contributed by atoms with E-state index >= 15 is 0 Å². The third-order valence-corrected chi connectivity index (χ3v) is 10.4. The van der Waals surface area contributed by atoms with Gasteiger partial charge in [-0.2, -0.15) is 0 Å². The fourth-order valence-corrected chi connectivity index (χ4v) is 6.49. The third kappa shape index (κ3) is 6.24. The molecular weight excluding hydrogens is 402 g/mol. The predicted molar refractivity (Wildman–Crippen MR) is 123 cm³/mol. The van der Waals surface area contributed by atoms with E-state index in [-0.39, 0.29) is 0 Å². The van der Waals surface area contributed by atoms with Gasteiger partial charge in [0.2, 0.25) is 10.0 Å². The van der Waals surface area contributed by atoms with Crippen molar-refractivity contribution < 1.29 is 17.6 Å². The van der Waals surface area contributed by atoms with Crippen LogP contribution in [-0.2, 0) is 23.1 Å². The Kier molecular flexibility index (Phi) is 8.16. The molecule has 0 saturated heterocycles. The van der Waals surface area contributed by atoms with Crippen molar-refractivity contribution in [3.05, 3.63) is 53.6 Å². The van der Waals surface area contributed by atoms with Crippen molar-refractivity contribution in [1.82, 2.24) is 0 Å². The van der Waals surface area contributed by atoms with E-state index in [1.165, 1.54) is 0 Å². The number of sulfonamides is 1. The number of aryl methyl sites for hydroxylation is 1. The monoisotopic (exact) mass is 435 g/mol. The minimum absolute atomic E-state index is 0.349. The number of nitrogens with one attached hydrogen (secondary N) is 1.